The molecule has 0 atom stereocenters. The highest BCUT2D eigenvalue weighted by atomic mass is 16.2. The first-order chi connectivity index (χ1) is 9.36. The Labute approximate surface area is 115 Å². The molecule has 0 N–H and O–H groups in total. The summed E-state index contributed by atoms with van der Waals surface area (Å²) in [5, 5.41) is 0. The first kappa shape index (κ1) is 13.7. The smallest absolute Gasteiger partial charge is 0.222 e. The monoisotopic (exact) mass is 255 g/mol. The lowest BCUT2D eigenvalue weighted by Gasteiger charge is -2.26. The van der Waals surface area contributed by atoms with Crippen molar-refractivity contribution >= 4 is 5.91 Å². The number of rotatable bonds is 4. The van der Waals surface area contributed by atoms with Gasteiger partial charge in [-0.25, -0.2) is 0 Å². The largest absolute Gasteiger partial charge is 0.343 e. The maximum atomic E-state index is 11.6. The molecule has 0 radical (unpaired) electrons. The molecule has 0 unspecified atom stereocenters. The van der Waals surface area contributed by atoms with Crippen LogP contribution in [-0.2, 0) is 4.79 Å². The molecule has 0 saturated carbocycles. The quantitative estimate of drug-likeness (QED) is 0.597. The number of hydrogen-bond donors (Lipinski definition) is 0. The van der Waals surface area contributed by atoms with E-state index in [2.05, 4.69) is 11.8 Å². The molecule has 2 rings (SSSR count). The average Bonchev–Trinajstić information content (AvgIpc) is 2.45. The van der Waals surface area contributed by atoms with Crippen LogP contribution < -0.4 is 0 Å². The summed E-state index contributed by atoms with van der Waals surface area (Å²) in [6.07, 6.45) is 6.03. The fraction of sp³-hybridized carbons (Fsp3) is 0.471. The van der Waals surface area contributed by atoms with Crippen LogP contribution in [0.4, 0.5) is 0 Å². The van der Waals surface area contributed by atoms with Crippen LogP contribution in [-0.4, -0.2) is 23.9 Å². The van der Waals surface area contributed by atoms with Gasteiger partial charge in [0.15, 0.2) is 0 Å². The van der Waals surface area contributed by atoms with Crippen molar-refractivity contribution in [3.05, 3.63) is 35.9 Å². The molecule has 2 nitrogen and oxygen atoms in total. The fourth-order valence-corrected chi connectivity index (χ4v) is 2.30. The van der Waals surface area contributed by atoms with Crippen LogP contribution >= 0.6 is 0 Å². The molecule has 100 valence electrons. The van der Waals surface area contributed by atoms with Gasteiger partial charge < -0.3 is 4.90 Å². The van der Waals surface area contributed by atoms with E-state index in [0.29, 0.717) is 5.91 Å². The molecule has 1 aromatic rings. The predicted molar refractivity (Wildman–Crippen MR) is 77.6 cm³/mol. The first-order valence-electron chi connectivity index (χ1n) is 7.18. The molecule has 1 saturated heterocycles. The summed E-state index contributed by atoms with van der Waals surface area (Å²) in [6.45, 7) is 1.86. The van der Waals surface area contributed by atoms with Crippen molar-refractivity contribution in [2.75, 3.05) is 13.1 Å². The Morgan fingerprint density at radius 3 is 2.74 bits per heavy atom. The van der Waals surface area contributed by atoms with Gasteiger partial charge in [-0.15, -0.1) is 0 Å². The van der Waals surface area contributed by atoms with Crippen molar-refractivity contribution in [3.8, 4) is 11.8 Å². The maximum Gasteiger partial charge on any atom is 0.222 e. The maximum absolute atomic E-state index is 11.6. The minimum absolute atomic E-state index is 0.335. The zero-order valence-corrected chi connectivity index (χ0v) is 11.4. The second-order valence-electron chi connectivity index (χ2n) is 4.96. The normalized spacial score (nSPS) is 14.9. The molecule has 1 heterocycles. The van der Waals surface area contributed by atoms with Gasteiger partial charge in [-0.2, -0.15) is 0 Å². The molecule has 2 heteroatoms. The molecule has 19 heavy (non-hydrogen) atoms. The number of benzene rings is 1. The van der Waals surface area contributed by atoms with Gasteiger partial charge in [-0.3, -0.25) is 4.79 Å². The lowest BCUT2D eigenvalue weighted by molar-refractivity contribution is -0.133. The summed E-state index contributed by atoms with van der Waals surface area (Å²) in [6, 6.07) is 10.1. The van der Waals surface area contributed by atoms with Crippen LogP contribution in [0.2, 0.25) is 0 Å². The molecule has 1 amide bonds. The van der Waals surface area contributed by atoms with Crippen LogP contribution in [0, 0.1) is 11.8 Å². The van der Waals surface area contributed by atoms with Crippen molar-refractivity contribution < 1.29 is 4.79 Å². The highest BCUT2D eigenvalue weighted by molar-refractivity contribution is 5.76. The van der Waals surface area contributed by atoms with Gasteiger partial charge in [0.05, 0.1) is 0 Å². The third-order valence-corrected chi connectivity index (χ3v) is 3.41. The fourth-order valence-electron chi connectivity index (χ4n) is 2.30. The van der Waals surface area contributed by atoms with E-state index in [1.54, 1.807) is 0 Å². The summed E-state index contributed by atoms with van der Waals surface area (Å²) in [5.41, 5.74) is 1.08. The highest BCUT2D eigenvalue weighted by Gasteiger charge is 2.16. The molecule has 1 aliphatic rings. The Bertz CT molecular complexity index is 455. The number of likely N-dealkylation sites (tertiary alicyclic amines) is 1. The van der Waals surface area contributed by atoms with Gasteiger partial charge in [-0.05, 0) is 37.8 Å². The summed E-state index contributed by atoms with van der Waals surface area (Å²) in [5.74, 6) is 6.69. The van der Waals surface area contributed by atoms with Gasteiger partial charge in [0.25, 0.3) is 0 Å². The van der Waals surface area contributed by atoms with Crippen LogP contribution in [0.25, 0.3) is 0 Å². The number of unbranched alkanes of at least 4 members (excludes halogenated alkanes) is 2. The third-order valence-electron chi connectivity index (χ3n) is 3.41. The number of amides is 1. The predicted octanol–water partition coefficient (Wildman–Crippen LogP) is 3.22. The molecule has 0 spiro atoms. The number of piperidine rings is 1. The van der Waals surface area contributed by atoms with Crippen LogP contribution in [0.1, 0.15) is 44.1 Å². The Morgan fingerprint density at radius 2 is 1.95 bits per heavy atom. The van der Waals surface area contributed by atoms with Crippen molar-refractivity contribution in [2.45, 2.75) is 38.5 Å². The van der Waals surface area contributed by atoms with Gasteiger partial charge in [0.2, 0.25) is 5.91 Å². The Hall–Kier alpha value is -1.75. The number of hydrogen-bond acceptors (Lipinski definition) is 1. The van der Waals surface area contributed by atoms with Crippen molar-refractivity contribution in [1.29, 1.82) is 0 Å². The van der Waals surface area contributed by atoms with Gasteiger partial charge in [0, 0.05) is 31.5 Å². The Balaban J connectivity index is 1.62. The molecular weight excluding hydrogens is 234 g/mol. The van der Waals surface area contributed by atoms with E-state index in [9.17, 15) is 4.79 Å². The zero-order valence-electron chi connectivity index (χ0n) is 11.4. The highest BCUT2D eigenvalue weighted by Crippen LogP contribution is 2.11. The topological polar surface area (TPSA) is 20.3 Å². The minimum atomic E-state index is 0.335. The molecular formula is C17H21NO. The molecule has 0 bridgehead atoms. The van der Waals surface area contributed by atoms with E-state index in [4.69, 9.17) is 0 Å². The molecule has 1 aliphatic heterocycles. The Kier molecular flexibility index (Phi) is 5.49. The first-order valence-corrected chi connectivity index (χ1v) is 7.18. The third kappa shape index (κ3) is 4.79. The standard InChI is InChI=1S/C17H21NO/c19-17-13-7-9-15-18(17)14-8-2-1-4-10-16-11-5-3-6-12-16/h3,5-6,11-12H,1-2,7-9,13-15H2. The van der Waals surface area contributed by atoms with E-state index in [1.807, 2.05) is 35.2 Å². The van der Waals surface area contributed by atoms with Gasteiger partial charge >= 0.3 is 0 Å². The Morgan fingerprint density at radius 1 is 1.11 bits per heavy atom. The second-order valence-corrected chi connectivity index (χ2v) is 4.96. The van der Waals surface area contributed by atoms with Crippen LogP contribution in [0.5, 0.6) is 0 Å². The number of carbonyl (C=O) groups excluding carboxylic acids is 1. The van der Waals surface area contributed by atoms with Crippen molar-refractivity contribution in [3.63, 3.8) is 0 Å². The average molecular weight is 255 g/mol. The number of carbonyl (C=O) groups is 1. The summed E-state index contributed by atoms with van der Waals surface area (Å²) in [7, 11) is 0. The lowest BCUT2D eigenvalue weighted by atomic mass is 10.1. The lowest BCUT2D eigenvalue weighted by Crippen LogP contribution is -2.35. The summed E-state index contributed by atoms with van der Waals surface area (Å²) in [4.78, 5) is 13.6. The zero-order chi connectivity index (χ0) is 13.3. The van der Waals surface area contributed by atoms with Gasteiger partial charge in [0.1, 0.15) is 0 Å². The van der Waals surface area contributed by atoms with Crippen molar-refractivity contribution in [2.24, 2.45) is 0 Å². The van der Waals surface area contributed by atoms with E-state index in [1.165, 1.54) is 6.42 Å². The summed E-state index contributed by atoms with van der Waals surface area (Å²) >= 11 is 0. The number of nitrogens with zero attached hydrogens (tertiary/aromatic N) is 1. The molecule has 0 aromatic heterocycles. The van der Waals surface area contributed by atoms with Gasteiger partial charge in [-0.1, -0.05) is 30.0 Å². The van der Waals surface area contributed by atoms with Crippen LogP contribution in [0.15, 0.2) is 30.3 Å². The SMILES string of the molecule is O=C1CCCCN1CCCCC#Cc1ccccc1. The van der Waals surface area contributed by atoms with E-state index < -0.39 is 0 Å². The minimum Gasteiger partial charge on any atom is -0.343 e. The van der Waals surface area contributed by atoms with E-state index in [0.717, 1.165) is 50.8 Å². The molecule has 0 aliphatic carbocycles. The summed E-state index contributed by atoms with van der Waals surface area (Å²) < 4.78 is 0. The van der Waals surface area contributed by atoms with Crippen molar-refractivity contribution in [1.82, 2.24) is 4.90 Å². The molecule has 1 fully saturated rings. The second kappa shape index (κ2) is 7.63. The van der Waals surface area contributed by atoms with E-state index in [-0.39, 0.29) is 0 Å². The van der Waals surface area contributed by atoms with E-state index >= 15 is 0 Å². The van der Waals surface area contributed by atoms with Crippen LogP contribution in [0.3, 0.4) is 0 Å². The molecule has 1 aromatic carbocycles.